The summed E-state index contributed by atoms with van der Waals surface area (Å²) < 4.78 is 30.5. The number of carbonyl (C=O) groups excluding carboxylic acids is 1. The van der Waals surface area contributed by atoms with Crippen molar-refractivity contribution >= 4 is 25.3 Å². The first-order chi connectivity index (χ1) is 23.3. The number of furan rings is 1. The van der Waals surface area contributed by atoms with Gasteiger partial charge in [-0.15, -0.1) is 0 Å². The molecular weight excluding hydrogens is 637 g/mol. The Kier molecular flexibility index (Phi) is 10.8. The normalized spacial score (nSPS) is 14.2. The van der Waals surface area contributed by atoms with Crippen molar-refractivity contribution in [3.05, 3.63) is 58.9 Å². The predicted molar refractivity (Wildman–Crippen MR) is 193 cm³/mol. The molecule has 1 N–H and O–H groups in total. The van der Waals surface area contributed by atoms with Gasteiger partial charge < -0.3 is 28.4 Å². The molecule has 0 aliphatic carbocycles. The Morgan fingerprint density at radius 3 is 2.51 bits per heavy atom. The van der Waals surface area contributed by atoms with Crippen LogP contribution in [-0.2, 0) is 15.6 Å². The first-order valence-electron chi connectivity index (χ1n) is 16.9. The maximum absolute atomic E-state index is 13.0. The summed E-state index contributed by atoms with van der Waals surface area (Å²) in [7, 11) is 1.12. The summed E-state index contributed by atoms with van der Waals surface area (Å²) in [6.07, 6.45) is 3.89. The average Bonchev–Trinajstić information content (AvgIpc) is 3.51. The molecule has 11 heteroatoms. The molecule has 0 unspecified atom stereocenters. The molecule has 0 bridgehead atoms. The molecule has 49 heavy (non-hydrogen) atoms. The summed E-state index contributed by atoms with van der Waals surface area (Å²) in [4.78, 5) is 22.7. The second-order valence-corrected chi connectivity index (χ2v) is 19.1. The minimum atomic E-state index is -2.02. The largest absolute Gasteiger partial charge is 0.494 e. The lowest BCUT2D eigenvalue weighted by molar-refractivity contribution is 0.0254. The number of amides is 1. The molecule has 1 aromatic carbocycles. The Balaban J connectivity index is 1.59. The Bertz CT molecular complexity index is 1860. The van der Waals surface area contributed by atoms with E-state index in [0.29, 0.717) is 77.1 Å². The van der Waals surface area contributed by atoms with Gasteiger partial charge in [-0.2, -0.15) is 5.26 Å². The van der Waals surface area contributed by atoms with E-state index in [9.17, 15) is 10.1 Å². The minimum Gasteiger partial charge on any atom is -0.494 e. The number of nitriles is 1. The first kappa shape index (κ1) is 36.0. The quantitative estimate of drug-likeness (QED) is 0.156. The highest BCUT2D eigenvalue weighted by Crippen LogP contribution is 2.42. The number of nitrogens with one attached hydrogen (secondary N) is 1. The minimum absolute atomic E-state index is 0.0129. The van der Waals surface area contributed by atoms with Gasteiger partial charge in [-0.25, -0.2) is 4.98 Å². The molecule has 1 aliphatic rings. The van der Waals surface area contributed by atoms with Gasteiger partial charge in [-0.05, 0) is 53.4 Å². The Morgan fingerprint density at radius 2 is 1.88 bits per heavy atom. The molecule has 5 rings (SSSR count). The van der Waals surface area contributed by atoms with Gasteiger partial charge in [-0.1, -0.05) is 40.7 Å². The first-order valence-corrected chi connectivity index (χ1v) is 19.8. The van der Waals surface area contributed by atoms with Gasteiger partial charge in [0.25, 0.3) is 5.91 Å². The van der Waals surface area contributed by atoms with Gasteiger partial charge in [0, 0.05) is 50.7 Å². The summed E-state index contributed by atoms with van der Waals surface area (Å²) in [6, 6.07) is 11.6. The van der Waals surface area contributed by atoms with E-state index in [4.69, 9.17) is 33.0 Å². The molecule has 4 heterocycles. The average molecular weight is 685 g/mol. The molecule has 1 fully saturated rings. The van der Waals surface area contributed by atoms with Gasteiger partial charge in [0.2, 0.25) is 0 Å². The monoisotopic (exact) mass is 684 g/mol. The van der Waals surface area contributed by atoms with Crippen LogP contribution < -0.4 is 14.8 Å². The highest BCUT2D eigenvalue weighted by molar-refractivity contribution is 6.74. The van der Waals surface area contributed by atoms with E-state index in [1.807, 2.05) is 30.5 Å². The third-order valence-corrected chi connectivity index (χ3v) is 14.2. The van der Waals surface area contributed by atoms with Gasteiger partial charge in [0.05, 0.1) is 37.1 Å². The number of methoxy groups -OCH3 is 1. The molecule has 0 saturated carbocycles. The lowest BCUT2D eigenvalue weighted by atomic mass is 9.92. The number of aromatic nitrogens is 2. The van der Waals surface area contributed by atoms with E-state index in [2.05, 4.69) is 59.1 Å². The summed E-state index contributed by atoms with van der Waals surface area (Å²) in [5, 5.41) is 12.9. The SMILES string of the molecule is CNC(=O)c1cc(OC)c(-c2cc3ncc(C(C)C)c(-c4ccc(OC5CCOCC5)c(C#N)c4)c3o2)nc1CCO[Si](C)(C)C(C)(C)C. The fraction of sp³-hybridized carbons (Fsp3) is 0.474. The fourth-order valence-corrected chi connectivity index (χ4v) is 6.74. The maximum Gasteiger partial charge on any atom is 0.253 e. The van der Waals surface area contributed by atoms with E-state index in [0.717, 1.165) is 29.5 Å². The number of pyridine rings is 2. The van der Waals surface area contributed by atoms with Crippen LogP contribution in [0, 0.1) is 11.3 Å². The van der Waals surface area contributed by atoms with Crippen molar-refractivity contribution in [3.8, 4) is 40.1 Å². The van der Waals surface area contributed by atoms with Crippen LogP contribution in [0.25, 0.3) is 33.7 Å². The van der Waals surface area contributed by atoms with E-state index in [1.54, 1.807) is 20.2 Å². The molecule has 0 radical (unpaired) electrons. The number of carbonyl (C=O) groups is 1. The van der Waals surface area contributed by atoms with Crippen LogP contribution in [-0.4, -0.2) is 64.3 Å². The van der Waals surface area contributed by atoms with Gasteiger partial charge >= 0.3 is 0 Å². The van der Waals surface area contributed by atoms with Gasteiger partial charge in [0.1, 0.15) is 34.9 Å². The van der Waals surface area contributed by atoms with E-state index in [-0.39, 0.29) is 23.0 Å². The molecule has 260 valence electrons. The zero-order chi connectivity index (χ0) is 35.5. The third kappa shape index (κ3) is 7.67. The molecule has 0 spiro atoms. The van der Waals surface area contributed by atoms with Crippen LogP contribution in [0.15, 0.2) is 40.9 Å². The summed E-state index contributed by atoms with van der Waals surface area (Å²) in [5.41, 5.74) is 5.79. The number of nitrogens with zero attached hydrogens (tertiary/aromatic N) is 3. The number of fused-ring (bicyclic) bond motifs is 1. The second-order valence-electron chi connectivity index (χ2n) is 14.3. The lowest BCUT2D eigenvalue weighted by Crippen LogP contribution is -2.41. The number of ether oxygens (including phenoxy) is 3. The standard InChI is InChI=1S/C38H48N4O6Si/c1-23(2)28-22-41-30-20-33(48-36(30)34(28)24-10-11-31(25(18-24)21-39)47-26-12-15-45-16-13-26)35-32(44-7)19-27(37(43)40-6)29(42-35)14-17-46-49(8,9)38(3,4)5/h10-11,18-20,22-23,26H,12-17H2,1-9H3,(H,40,43). The van der Waals surface area contributed by atoms with Gasteiger partial charge in [0.15, 0.2) is 19.7 Å². The number of benzene rings is 1. The Labute approximate surface area is 290 Å². The highest BCUT2D eigenvalue weighted by Gasteiger charge is 2.37. The zero-order valence-electron chi connectivity index (χ0n) is 30.2. The van der Waals surface area contributed by atoms with Crippen molar-refractivity contribution in [2.45, 2.75) is 84.0 Å². The molecule has 3 aromatic heterocycles. The van der Waals surface area contributed by atoms with Crippen molar-refractivity contribution in [2.75, 3.05) is 34.0 Å². The summed E-state index contributed by atoms with van der Waals surface area (Å²) in [6.45, 7) is 16.9. The van der Waals surface area contributed by atoms with Crippen LogP contribution in [0.2, 0.25) is 18.1 Å². The summed E-state index contributed by atoms with van der Waals surface area (Å²) >= 11 is 0. The van der Waals surface area contributed by atoms with E-state index in [1.165, 1.54) is 0 Å². The molecule has 10 nitrogen and oxygen atoms in total. The molecular formula is C38H48N4O6Si. The maximum atomic E-state index is 13.0. The van der Waals surface area contributed by atoms with E-state index < -0.39 is 8.32 Å². The highest BCUT2D eigenvalue weighted by atomic mass is 28.4. The van der Waals surface area contributed by atoms with Crippen molar-refractivity contribution in [2.24, 2.45) is 0 Å². The molecule has 1 amide bonds. The van der Waals surface area contributed by atoms with Crippen molar-refractivity contribution in [3.63, 3.8) is 0 Å². The topological polar surface area (TPSA) is 129 Å². The van der Waals surface area contributed by atoms with Crippen LogP contribution in [0.4, 0.5) is 0 Å². The number of hydrogen-bond donors (Lipinski definition) is 1. The second kappa shape index (κ2) is 14.7. The third-order valence-electron chi connectivity index (χ3n) is 9.64. The van der Waals surface area contributed by atoms with Crippen molar-refractivity contribution in [1.82, 2.24) is 15.3 Å². The Morgan fingerprint density at radius 1 is 1.14 bits per heavy atom. The molecule has 4 aromatic rings. The predicted octanol–water partition coefficient (Wildman–Crippen LogP) is 8.04. The van der Waals surface area contributed by atoms with Crippen LogP contribution >= 0.6 is 0 Å². The van der Waals surface area contributed by atoms with Gasteiger partial charge in [-0.3, -0.25) is 9.78 Å². The molecule has 1 aliphatic heterocycles. The van der Waals surface area contributed by atoms with Crippen LogP contribution in [0.1, 0.15) is 80.6 Å². The smallest absolute Gasteiger partial charge is 0.253 e. The van der Waals surface area contributed by atoms with Crippen LogP contribution in [0.3, 0.4) is 0 Å². The van der Waals surface area contributed by atoms with Crippen molar-refractivity contribution in [1.29, 1.82) is 5.26 Å². The van der Waals surface area contributed by atoms with E-state index >= 15 is 0 Å². The molecule has 1 saturated heterocycles. The zero-order valence-corrected chi connectivity index (χ0v) is 31.2. The number of rotatable bonds is 11. The summed E-state index contributed by atoms with van der Waals surface area (Å²) in [5.74, 6) is 1.28. The lowest BCUT2D eigenvalue weighted by Gasteiger charge is -2.36. The van der Waals surface area contributed by atoms with Crippen LogP contribution in [0.5, 0.6) is 11.5 Å². The van der Waals surface area contributed by atoms with Crippen molar-refractivity contribution < 1.29 is 27.8 Å². The Hall–Kier alpha value is -4.24. The fourth-order valence-electron chi connectivity index (χ4n) is 5.70. The molecule has 0 atom stereocenters. The number of hydrogen-bond acceptors (Lipinski definition) is 9.